The molecular formula is C13H21NOS. The highest BCUT2D eigenvalue weighted by molar-refractivity contribution is 7.09. The van der Waals surface area contributed by atoms with Crippen LogP contribution in [0.4, 0.5) is 0 Å². The van der Waals surface area contributed by atoms with Crippen LogP contribution < -0.4 is 0 Å². The van der Waals surface area contributed by atoms with E-state index in [1.807, 2.05) is 11.7 Å². The molecule has 1 aromatic heterocycles. The Morgan fingerprint density at radius 1 is 1.56 bits per heavy atom. The average Bonchev–Trinajstić information content (AvgIpc) is 2.69. The molecule has 1 aromatic rings. The standard InChI is InChI=1S/C13H21NOS/c1-13(2)6-4-3-5-11(13)12(15)7-10-8-14-9-16-10/h8-9,11-12,15H,3-7H2,1-2H3. The third-order valence-corrected chi connectivity index (χ3v) is 4.75. The highest BCUT2D eigenvalue weighted by Crippen LogP contribution is 2.43. The van der Waals surface area contributed by atoms with Crippen molar-refractivity contribution in [2.45, 2.75) is 52.1 Å². The van der Waals surface area contributed by atoms with Gasteiger partial charge in [0.05, 0.1) is 11.6 Å². The molecule has 1 aliphatic rings. The number of aromatic nitrogens is 1. The van der Waals surface area contributed by atoms with Gasteiger partial charge in [-0.05, 0) is 24.2 Å². The Labute approximate surface area is 102 Å². The van der Waals surface area contributed by atoms with Crippen LogP contribution in [-0.4, -0.2) is 16.2 Å². The molecule has 0 aromatic carbocycles. The molecule has 1 heterocycles. The van der Waals surface area contributed by atoms with E-state index in [1.54, 1.807) is 11.3 Å². The molecule has 0 saturated heterocycles. The maximum Gasteiger partial charge on any atom is 0.0794 e. The molecular weight excluding hydrogens is 218 g/mol. The maximum absolute atomic E-state index is 10.4. The number of hydrogen-bond acceptors (Lipinski definition) is 3. The van der Waals surface area contributed by atoms with Gasteiger partial charge in [-0.1, -0.05) is 26.7 Å². The number of aliphatic hydroxyl groups is 1. The van der Waals surface area contributed by atoms with Crippen LogP contribution >= 0.6 is 11.3 Å². The van der Waals surface area contributed by atoms with E-state index >= 15 is 0 Å². The molecule has 0 aliphatic heterocycles. The van der Waals surface area contributed by atoms with E-state index in [1.165, 1.54) is 30.6 Å². The molecule has 3 heteroatoms. The summed E-state index contributed by atoms with van der Waals surface area (Å²) in [6.07, 6.45) is 7.47. The lowest BCUT2D eigenvalue weighted by atomic mass is 9.66. The van der Waals surface area contributed by atoms with Gasteiger partial charge in [0.25, 0.3) is 0 Å². The summed E-state index contributed by atoms with van der Waals surface area (Å²) in [7, 11) is 0. The van der Waals surface area contributed by atoms with Gasteiger partial charge in [0.15, 0.2) is 0 Å². The fourth-order valence-electron chi connectivity index (χ4n) is 2.93. The summed E-state index contributed by atoms with van der Waals surface area (Å²) in [6, 6.07) is 0. The highest BCUT2D eigenvalue weighted by Gasteiger charge is 2.36. The van der Waals surface area contributed by atoms with Gasteiger partial charge in [0.1, 0.15) is 0 Å². The van der Waals surface area contributed by atoms with Crippen molar-refractivity contribution >= 4 is 11.3 Å². The molecule has 0 amide bonds. The fourth-order valence-corrected chi connectivity index (χ4v) is 3.57. The summed E-state index contributed by atoms with van der Waals surface area (Å²) in [4.78, 5) is 5.27. The number of rotatable bonds is 3. The van der Waals surface area contributed by atoms with Crippen LogP contribution in [0.15, 0.2) is 11.7 Å². The second-order valence-corrected chi connectivity index (χ2v) is 6.55. The van der Waals surface area contributed by atoms with Gasteiger partial charge in [-0.25, -0.2) is 0 Å². The number of hydrogen-bond donors (Lipinski definition) is 1. The Bertz CT molecular complexity index is 321. The number of aliphatic hydroxyl groups excluding tert-OH is 1. The number of nitrogens with zero attached hydrogens (tertiary/aromatic N) is 1. The van der Waals surface area contributed by atoms with Gasteiger partial charge in [-0.15, -0.1) is 11.3 Å². The molecule has 2 nitrogen and oxygen atoms in total. The van der Waals surface area contributed by atoms with E-state index in [2.05, 4.69) is 18.8 Å². The van der Waals surface area contributed by atoms with E-state index in [4.69, 9.17) is 0 Å². The van der Waals surface area contributed by atoms with Gasteiger partial charge in [0.2, 0.25) is 0 Å². The zero-order valence-electron chi connectivity index (χ0n) is 10.1. The fraction of sp³-hybridized carbons (Fsp3) is 0.769. The van der Waals surface area contributed by atoms with Crippen LogP contribution in [0.1, 0.15) is 44.4 Å². The summed E-state index contributed by atoms with van der Waals surface area (Å²) in [5.41, 5.74) is 2.14. The first-order valence-electron chi connectivity index (χ1n) is 6.15. The molecule has 2 rings (SSSR count). The van der Waals surface area contributed by atoms with E-state index in [-0.39, 0.29) is 6.10 Å². The molecule has 2 unspecified atom stereocenters. The van der Waals surface area contributed by atoms with Crippen LogP contribution in [0.25, 0.3) is 0 Å². The lowest BCUT2D eigenvalue weighted by Gasteiger charge is -2.41. The van der Waals surface area contributed by atoms with Crippen molar-refractivity contribution < 1.29 is 5.11 Å². The summed E-state index contributed by atoms with van der Waals surface area (Å²) < 4.78 is 0. The summed E-state index contributed by atoms with van der Waals surface area (Å²) in [5, 5.41) is 10.4. The van der Waals surface area contributed by atoms with Crippen LogP contribution in [0.2, 0.25) is 0 Å². The Morgan fingerprint density at radius 2 is 2.38 bits per heavy atom. The highest BCUT2D eigenvalue weighted by atomic mass is 32.1. The predicted octanol–water partition coefficient (Wildman–Crippen LogP) is 3.26. The Hall–Kier alpha value is -0.410. The van der Waals surface area contributed by atoms with Crippen molar-refractivity contribution in [3.63, 3.8) is 0 Å². The molecule has 1 fully saturated rings. The van der Waals surface area contributed by atoms with E-state index in [0.29, 0.717) is 11.3 Å². The largest absolute Gasteiger partial charge is 0.392 e. The van der Waals surface area contributed by atoms with Crippen molar-refractivity contribution in [3.8, 4) is 0 Å². The molecule has 1 saturated carbocycles. The van der Waals surface area contributed by atoms with Gasteiger partial charge >= 0.3 is 0 Å². The molecule has 1 N–H and O–H groups in total. The maximum atomic E-state index is 10.4. The Morgan fingerprint density at radius 3 is 3.00 bits per heavy atom. The monoisotopic (exact) mass is 239 g/mol. The third-order valence-electron chi connectivity index (χ3n) is 3.95. The van der Waals surface area contributed by atoms with Crippen molar-refractivity contribution in [2.75, 3.05) is 0 Å². The van der Waals surface area contributed by atoms with Crippen molar-refractivity contribution in [3.05, 3.63) is 16.6 Å². The van der Waals surface area contributed by atoms with E-state index in [0.717, 1.165) is 6.42 Å². The second kappa shape index (κ2) is 4.84. The zero-order valence-corrected chi connectivity index (χ0v) is 11.0. The zero-order chi connectivity index (χ0) is 11.6. The molecule has 90 valence electrons. The summed E-state index contributed by atoms with van der Waals surface area (Å²) in [5.74, 6) is 0.448. The van der Waals surface area contributed by atoms with Gasteiger partial charge in [-0.2, -0.15) is 0 Å². The quantitative estimate of drug-likeness (QED) is 0.878. The predicted molar refractivity (Wildman–Crippen MR) is 67.6 cm³/mol. The molecule has 2 atom stereocenters. The molecule has 0 spiro atoms. The van der Waals surface area contributed by atoms with Crippen LogP contribution in [-0.2, 0) is 6.42 Å². The lowest BCUT2D eigenvalue weighted by molar-refractivity contribution is 0.00620. The van der Waals surface area contributed by atoms with E-state index < -0.39 is 0 Å². The first-order valence-corrected chi connectivity index (χ1v) is 7.03. The first-order chi connectivity index (χ1) is 7.59. The molecule has 16 heavy (non-hydrogen) atoms. The third kappa shape index (κ3) is 2.64. The summed E-state index contributed by atoms with van der Waals surface area (Å²) >= 11 is 1.64. The van der Waals surface area contributed by atoms with Crippen LogP contribution in [0, 0.1) is 11.3 Å². The van der Waals surface area contributed by atoms with Crippen molar-refractivity contribution in [1.82, 2.24) is 4.98 Å². The second-order valence-electron chi connectivity index (χ2n) is 5.58. The van der Waals surface area contributed by atoms with Gasteiger partial charge in [-0.3, -0.25) is 4.98 Å². The Balaban J connectivity index is 2.00. The van der Waals surface area contributed by atoms with Crippen molar-refractivity contribution in [2.24, 2.45) is 11.3 Å². The molecule has 0 radical (unpaired) electrons. The SMILES string of the molecule is CC1(C)CCCCC1C(O)Cc1cncs1. The van der Waals surface area contributed by atoms with Gasteiger partial charge < -0.3 is 5.11 Å². The number of thiazole rings is 1. The van der Waals surface area contributed by atoms with Crippen LogP contribution in [0.5, 0.6) is 0 Å². The normalized spacial score (nSPS) is 26.6. The van der Waals surface area contributed by atoms with E-state index in [9.17, 15) is 5.11 Å². The minimum absolute atomic E-state index is 0.198. The van der Waals surface area contributed by atoms with Crippen LogP contribution in [0.3, 0.4) is 0 Å². The summed E-state index contributed by atoms with van der Waals surface area (Å²) in [6.45, 7) is 4.60. The van der Waals surface area contributed by atoms with Crippen molar-refractivity contribution in [1.29, 1.82) is 0 Å². The minimum Gasteiger partial charge on any atom is -0.392 e. The van der Waals surface area contributed by atoms with Gasteiger partial charge in [0, 0.05) is 17.5 Å². The first kappa shape index (κ1) is 12.1. The minimum atomic E-state index is -0.198. The molecule has 1 aliphatic carbocycles. The average molecular weight is 239 g/mol. The topological polar surface area (TPSA) is 33.1 Å². The molecule has 0 bridgehead atoms. The smallest absolute Gasteiger partial charge is 0.0794 e. The lowest BCUT2D eigenvalue weighted by Crippen LogP contribution is -2.37. The Kier molecular flexibility index (Phi) is 3.65.